The van der Waals surface area contributed by atoms with Crippen LogP contribution in [-0.4, -0.2) is 58.2 Å². The predicted octanol–water partition coefficient (Wildman–Crippen LogP) is 2.87. The second-order valence-electron chi connectivity index (χ2n) is 7.66. The smallest absolute Gasteiger partial charge is 0.387 e. The molecule has 1 N–H and O–H groups in total. The summed E-state index contributed by atoms with van der Waals surface area (Å²) in [5.41, 5.74) is 1.80. The molecule has 1 aliphatic rings. The topological polar surface area (TPSA) is 71.8 Å². The van der Waals surface area contributed by atoms with Crippen LogP contribution in [0.2, 0.25) is 0 Å². The molecule has 4 rings (SSSR count). The molecule has 0 saturated carbocycles. The van der Waals surface area contributed by atoms with Crippen LogP contribution in [0.15, 0.2) is 48.7 Å². The highest BCUT2D eigenvalue weighted by molar-refractivity contribution is 5.78. The number of aromatic nitrogens is 3. The Labute approximate surface area is 179 Å². The van der Waals surface area contributed by atoms with Crippen LogP contribution in [0.5, 0.6) is 5.75 Å². The van der Waals surface area contributed by atoms with Crippen molar-refractivity contribution in [3.63, 3.8) is 0 Å². The van der Waals surface area contributed by atoms with Gasteiger partial charge in [0, 0.05) is 18.7 Å². The number of likely N-dealkylation sites (tertiary alicyclic amines) is 1. The number of amides is 1. The number of halogens is 2. The SMILES string of the molecule is O=C(CN1CCC(c2nnc3ccccn23)CC1)NCCc1ccc(OC(F)F)cc1. The Balaban J connectivity index is 1.18. The monoisotopic (exact) mass is 429 g/mol. The minimum Gasteiger partial charge on any atom is -0.435 e. The van der Waals surface area contributed by atoms with Crippen LogP contribution in [0, 0.1) is 0 Å². The third kappa shape index (κ3) is 5.55. The van der Waals surface area contributed by atoms with Gasteiger partial charge in [-0.1, -0.05) is 18.2 Å². The zero-order valence-corrected chi connectivity index (χ0v) is 17.1. The minimum atomic E-state index is -2.83. The Hall–Kier alpha value is -3.07. The van der Waals surface area contributed by atoms with Crippen LogP contribution in [0.25, 0.3) is 5.65 Å². The van der Waals surface area contributed by atoms with E-state index in [1.165, 1.54) is 12.1 Å². The number of piperidine rings is 1. The van der Waals surface area contributed by atoms with E-state index in [0.717, 1.165) is 43.0 Å². The fraction of sp³-hybridized carbons (Fsp3) is 0.409. The van der Waals surface area contributed by atoms with Crippen LogP contribution in [-0.2, 0) is 11.2 Å². The molecule has 9 heteroatoms. The first-order valence-corrected chi connectivity index (χ1v) is 10.4. The zero-order valence-electron chi connectivity index (χ0n) is 17.1. The summed E-state index contributed by atoms with van der Waals surface area (Å²) in [6, 6.07) is 12.3. The van der Waals surface area contributed by atoms with Crippen LogP contribution in [0.4, 0.5) is 8.78 Å². The summed E-state index contributed by atoms with van der Waals surface area (Å²) in [5.74, 6) is 1.45. The van der Waals surface area contributed by atoms with Gasteiger partial charge in [0.25, 0.3) is 0 Å². The van der Waals surface area contributed by atoms with Gasteiger partial charge in [-0.2, -0.15) is 8.78 Å². The van der Waals surface area contributed by atoms with Gasteiger partial charge in [-0.05, 0) is 62.2 Å². The summed E-state index contributed by atoms with van der Waals surface area (Å²) >= 11 is 0. The maximum atomic E-state index is 12.3. The van der Waals surface area contributed by atoms with E-state index in [0.29, 0.717) is 25.4 Å². The Kier molecular flexibility index (Phi) is 6.71. The molecular formula is C22H25F2N5O2. The van der Waals surface area contributed by atoms with E-state index in [1.807, 2.05) is 28.8 Å². The number of carbonyl (C=O) groups excluding carboxylic acids is 1. The summed E-state index contributed by atoms with van der Waals surface area (Å²) in [6.07, 6.45) is 4.50. The van der Waals surface area contributed by atoms with E-state index >= 15 is 0 Å². The van der Waals surface area contributed by atoms with E-state index in [-0.39, 0.29) is 11.7 Å². The number of pyridine rings is 1. The molecule has 0 radical (unpaired) electrons. The van der Waals surface area contributed by atoms with Crippen molar-refractivity contribution in [1.29, 1.82) is 0 Å². The number of nitrogens with zero attached hydrogens (tertiary/aromatic N) is 4. The van der Waals surface area contributed by atoms with E-state index < -0.39 is 6.61 Å². The van der Waals surface area contributed by atoms with E-state index in [9.17, 15) is 13.6 Å². The van der Waals surface area contributed by atoms with Gasteiger partial charge < -0.3 is 10.1 Å². The molecule has 0 atom stereocenters. The van der Waals surface area contributed by atoms with Crippen molar-refractivity contribution in [2.24, 2.45) is 0 Å². The van der Waals surface area contributed by atoms with Crippen LogP contribution in [0.1, 0.15) is 30.1 Å². The molecular weight excluding hydrogens is 404 g/mol. The fourth-order valence-electron chi connectivity index (χ4n) is 3.93. The van der Waals surface area contributed by atoms with Gasteiger partial charge in [-0.25, -0.2) is 0 Å². The molecule has 2 aromatic heterocycles. The maximum Gasteiger partial charge on any atom is 0.387 e. The standard InChI is InChI=1S/C22H25F2N5O2/c23-22(24)31-18-6-4-16(5-7-18)8-11-25-20(30)15-28-13-9-17(10-14-28)21-27-26-19-3-1-2-12-29(19)21/h1-7,12,17,22H,8-11,13-15H2,(H,25,30). The van der Waals surface area contributed by atoms with Crippen molar-refractivity contribution < 1.29 is 18.3 Å². The number of fused-ring (bicyclic) bond motifs is 1. The lowest BCUT2D eigenvalue weighted by Crippen LogP contribution is -2.41. The van der Waals surface area contributed by atoms with E-state index in [1.54, 1.807) is 12.1 Å². The third-order valence-electron chi connectivity index (χ3n) is 5.54. The fourth-order valence-corrected chi connectivity index (χ4v) is 3.93. The van der Waals surface area contributed by atoms with Gasteiger partial charge >= 0.3 is 6.61 Å². The second kappa shape index (κ2) is 9.82. The first kappa shape index (κ1) is 21.2. The van der Waals surface area contributed by atoms with E-state index in [2.05, 4.69) is 25.2 Å². The molecule has 3 aromatic rings. The lowest BCUT2D eigenvalue weighted by atomic mass is 9.96. The summed E-state index contributed by atoms with van der Waals surface area (Å²) in [4.78, 5) is 14.4. The number of ether oxygens (including phenoxy) is 1. The lowest BCUT2D eigenvalue weighted by molar-refractivity contribution is -0.122. The zero-order chi connectivity index (χ0) is 21.6. The quantitative estimate of drug-likeness (QED) is 0.596. The molecule has 1 fully saturated rings. The molecule has 0 bridgehead atoms. The first-order valence-electron chi connectivity index (χ1n) is 10.4. The van der Waals surface area contributed by atoms with Crippen LogP contribution >= 0.6 is 0 Å². The Bertz CT molecular complexity index is 1000. The molecule has 1 aliphatic heterocycles. The first-order chi connectivity index (χ1) is 15.1. The molecule has 1 amide bonds. The molecule has 0 unspecified atom stereocenters. The summed E-state index contributed by atoms with van der Waals surface area (Å²) in [7, 11) is 0. The largest absolute Gasteiger partial charge is 0.435 e. The molecule has 0 aliphatic carbocycles. The summed E-state index contributed by atoms with van der Waals surface area (Å²) in [6.45, 7) is -0.285. The van der Waals surface area contributed by atoms with Crippen molar-refractivity contribution in [3.05, 3.63) is 60.0 Å². The van der Waals surface area contributed by atoms with E-state index in [4.69, 9.17) is 0 Å². The van der Waals surface area contributed by atoms with Crippen molar-refractivity contribution in [2.45, 2.75) is 31.8 Å². The molecule has 1 aromatic carbocycles. The number of alkyl halides is 2. The molecule has 3 heterocycles. The van der Waals surface area contributed by atoms with Gasteiger partial charge in [0.15, 0.2) is 5.65 Å². The molecule has 0 spiro atoms. The summed E-state index contributed by atoms with van der Waals surface area (Å²) in [5, 5.41) is 11.5. The average Bonchev–Trinajstić information content (AvgIpc) is 3.19. The maximum absolute atomic E-state index is 12.3. The average molecular weight is 429 g/mol. The highest BCUT2D eigenvalue weighted by atomic mass is 19.3. The van der Waals surface area contributed by atoms with Crippen LogP contribution in [0.3, 0.4) is 0 Å². The van der Waals surface area contributed by atoms with Crippen molar-refractivity contribution in [2.75, 3.05) is 26.2 Å². The molecule has 164 valence electrons. The number of rotatable bonds is 8. The number of hydrogen-bond donors (Lipinski definition) is 1. The number of hydrogen-bond acceptors (Lipinski definition) is 5. The van der Waals surface area contributed by atoms with Gasteiger partial charge in [0.2, 0.25) is 5.91 Å². The summed E-state index contributed by atoms with van der Waals surface area (Å²) < 4.78 is 30.7. The van der Waals surface area contributed by atoms with Crippen molar-refractivity contribution in [3.8, 4) is 5.75 Å². The Morgan fingerprint density at radius 2 is 1.90 bits per heavy atom. The third-order valence-corrected chi connectivity index (χ3v) is 5.54. The normalized spacial score (nSPS) is 15.5. The van der Waals surface area contributed by atoms with Gasteiger partial charge in [0.1, 0.15) is 11.6 Å². The van der Waals surface area contributed by atoms with Gasteiger partial charge in [-0.15, -0.1) is 10.2 Å². The number of benzene rings is 1. The molecule has 31 heavy (non-hydrogen) atoms. The van der Waals surface area contributed by atoms with Gasteiger partial charge in [0.05, 0.1) is 6.54 Å². The number of carbonyl (C=O) groups is 1. The highest BCUT2D eigenvalue weighted by Crippen LogP contribution is 2.26. The van der Waals surface area contributed by atoms with Crippen molar-refractivity contribution >= 4 is 11.6 Å². The highest BCUT2D eigenvalue weighted by Gasteiger charge is 2.25. The van der Waals surface area contributed by atoms with Crippen molar-refractivity contribution in [1.82, 2.24) is 24.8 Å². The minimum absolute atomic E-state index is 0.0102. The number of nitrogens with one attached hydrogen (secondary N) is 1. The lowest BCUT2D eigenvalue weighted by Gasteiger charge is -2.30. The molecule has 7 nitrogen and oxygen atoms in total. The van der Waals surface area contributed by atoms with Gasteiger partial charge in [-0.3, -0.25) is 14.1 Å². The second-order valence-corrected chi connectivity index (χ2v) is 7.66. The molecule has 1 saturated heterocycles. The Morgan fingerprint density at radius 3 is 2.65 bits per heavy atom. The Morgan fingerprint density at radius 1 is 1.13 bits per heavy atom. The predicted molar refractivity (Wildman–Crippen MR) is 111 cm³/mol. The van der Waals surface area contributed by atoms with Crippen LogP contribution < -0.4 is 10.1 Å².